The lowest BCUT2D eigenvalue weighted by molar-refractivity contribution is -0.161. The van der Waals surface area contributed by atoms with Crippen molar-refractivity contribution in [3.8, 4) is 0 Å². The molecule has 3 heteroatoms. The molecule has 1 aliphatic heterocycles. The van der Waals surface area contributed by atoms with E-state index in [2.05, 4.69) is 36.5 Å². The Hall–Kier alpha value is -0.900. The first-order chi connectivity index (χ1) is 8.35. The van der Waals surface area contributed by atoms with Crippen molar-refractivity contribution < 1.29 is 9.47 Å². The Bertz CT molecular complexity index is 324. The largest absolute Gasteiger partial charge is 0.376 e. The summed E-state index contributed by atoms with van der Waals surface area (Å²) in [6.07, 6.45) is 1.48. The molecule has 1 aromatic carbocycles. The zero-order chi connectivity index (χ0) is 12.1. The van der Waals surface area contributed by atoms with Gasteiger partial charge in [-0.1, -0.05) is 37.3 Å². The molecule has 1 saturated heterocycles. The van der Waals surface area contributed by atoms with Crippen LogP contribution in [0.15, 0.2) is 30.3 Å². The molecule has 3 nitrogen and oxygen atoms in total. The lowest BCUT2D eigenvalue weighted by Gasteiger charge is -2.34. The number of ether oxygens (including phenoxy) is 2. The molecule has 2 atom stereocenters. The predicted octanol–water partition coefficient (Wildman–Crippen LogP) is 2.14. The van der Waals surface area contributed by atoms with E-state index in [9.17, 15) is 0 Å². The molecule has 17 heavy (non-hydrogen) atoms. The van der Waals surface area contributed by atoms with Gasteiger partial charge in [0.1, 0.15) is 6.10 Å². The predicted molar refractivity (Wildman–Crippen MR) is 68.0 cm³/mol. The van der Waals surface area contributed by atoms with Gasteiger partial charge in [0, 0.05) is 0 Å². The summed E-state index contributed by atoms with van der Waals surface area (Å²) in [5.41, 5.74) is 1.28. The van der Waals surface area contributed by atoms with E-state index in [1.807, 2.05) is 13.1 Å². The van der Waals surface area contributed by atoms with Gasteiger partial charge in [-0.3, -0.25) is 0 Å². The molecule has 2 unspecified atom stereocenters. The summed E-state index contributed by atoms with van der Waals surface area (Å²) in [6.45, 7) is 3.64. The lowest BCUT2D eigenvalue weighted by atomic mass is 9.99. The van der Waals surface area contributed by atoms with Crippen LogP contribution >= 0.6 is 0 Å². The molecule has 0 spiro atoms. The number of rotatable bonds is 6. The smallest absolute Gasteiger partial charge is 0.105 e. The Labute approximate surface area is 103 Å². The lowest BCUT2D eigenvalue weighted by Crippen LogP contribution is -2.42. The van der Waals surface area contributed by atoms with Crippen LogP contribution in [0.25, 0.3) is 0 Å². The number of hydrogen-bond acceptors (Lipinski definition) is 3. The molecule has 0 saturated carbocycles. The minimum Gasteiger partial charge on any atom is -0.376 e. The molecule has 94 valence electrons. The van der Waals surface area contributed by atoms with Gasteiger partial charge < -0.3 is 14.8 Å². The zero-order valence-corrected chi connectivity index (χ0v) is 10.6. The van der Waals surface area contributed by atoms with E-state index in [0.29, 0.717) is 0 Å². The van der Waals surface area contributed by atoms with Crippen molar-refractivity contribution in [1.29, 1.82) is 0 Å². The van der Waals surface area contributed by atoms with Crippen LogP contribution in [-0.4, -0.2) is 32.5 Å². The second-order valence-corrected chi connectivity index (χ2v) is 4.42. The van der Waals surface area contributed by atoms with Crippen LogP contribution in [0.3, 0.4) is 0 Å². The summed E-state index contributed by atoms with van der Waals surface area (Å²) in [4.78, 5) is 0. The summed E-state index contributed by atoms with van der Waals surface area (Å²) >= 11 is 0. The molecule has 1 fully saturated rings. The topological polar surface area (TPSA) is 30.5 Å². The maximum Gasteiger partial charge on any atom is 0.105 e. The fourth-order valence-corrected chi connectivity index (χ4v) is 2.18. The van der Waals surface area contributed by atoms with Gasteiger partial charge in [-0.15, -0.1) is 0 Å². The van der Waals surface area contributed by atoms with E-state index < -0.39 is 0 Å². The first-order valence-electron chi connectivity index (χ1n) is 6.30. The van der Waals surface area contributed by atoms with E-state index in [4.69, 9.17) is 9.47 Å². The highest BCUT2D eigenvalue weighted by Crippen LogP contribution is 2.23. The van der Waals surface area contributed by atoms with Gasteiger partial charge in [0.25, 0.3) is 0 Å². The third-order valence-electron chi connectivity index (χ3n) is 3.22. The van der Waals surface area contributed by atoms with Gasteiger partial charge >= 0.3 is 0 Å². The Morgan fingerprint density at radius 2 is 2.06 bits per heavy atom. The summed E-state index contributed by atoms with van der Waals surface area (Å²) in [6, 6.07) is 10.7. The molecule has 0 amide bonds. The molecule has 1 aromatic rings. The highest BCUT2D eigenvalue weighted by molar-refractivity contribution is 5.20. The summed E-state index contributed by atoms with van der Waals surface area (Å²) in [7, 11) is 1.99. The van der Waals surface area contributed by atoms with Crippen molar-refractivity contribution in [1.82, 2.24) is 5.32 Å². The maximum atomic E-state index is 6.06. The van der Waals surface area contributed by atoms with E-state index in [-0.39, 0.29) is 18.2 Å². The Balaban J connectivity index is 2.03. The van der Waals surface area contributed by atoms with E-state index in [1.165, 1.54) is 5.56 Å². The normalized spacial score (nSPS) is 19.6. The van der Waals surface area contributed by atoms with Gasteiger partial charge in [0.15, 0.2) is 0 Å². The second kappa shape index (κ2) is 6.15. The van der Waals surface area contributed by atoms with Gasteiger partial charge in [0.2, 0.25) is 0 Å². The zero-order valence-electron chi connectivity index (χ0n) is 10.6. The third kappa shape index (κ3) is 3.06. The van der Waals surface area contributed by atoms with Crippen LogP contribution in [-0.2, 0) is 9.47 Å². The van der Waals surface area contributed by atoms with Gasteiger partial charge in [-0.2, -0.15) is 0 Å². The molecule has 0 bridgehead atoms. The van der Waals surface area contributed by atoms with Crippen LogP contribution in [0.5, 0.6) is 0 Å². The number of likely N-dealkylation sites (N-methyl/N-ethyl adjacent to an activating group) is 1. The summed E-state index contributed by atoms with van der Waals surface area (Å²) in [5, 5.41) is 3.36. The molecular weight excluding hydrogens is 214 g/mol. The number of benzene rings is 1. The SMILES string of the molecule is CCC(OC1COC1)C(NC)c1ccccc1. The first kappa shape index (κ1) is 12.6. The van der Waals surface area contributed by atoms with E-state index >= 15 is 0 Å². The van der Waals surface area contributed by atoms with Crippen LogP contribution in [0.4, 0.5) is 0 Å². The van der Waals surface area contributed by atoms with Crippen molar-refractivity contribution in [2.45, 2.75) is 31.6 Å². The molecular formula is C14H21NO2. The molecule has 2 rings (SSSR count). The highest BCUT2D eigenvalue weighted by Gasteiger charge is 2.27. The van der Waals surface area contributed by atoms with Crippen molar-refractivity contribution in [3.05, 3.63) is 35.9 Å². The minimum absolute atomic E-state index is 0.205. The van der Waals surface area contributed by atoms with Crippen LogP contribution < -0.4 is 5.32 Å². The first-order valence-corrected chi connectivity index (χ1v) is 6.30. The van der Waals surface area contributed by atoms with Crippen molar-refractivity contribution in [2.75, 3.05) is 20.3 Å². The molecule has 0 aliphatic carbocycles. The van der Waals surface area contributed by atoms with E-state index in [0.717, 1.165) is 19.6 Å². The quantitative estimate of drug-likeness (QED) is 0.819. The average Bonchev–Trinajstić information content (AvgIpc) is 2.33. The number of hydrogen-bond donors (Lipinski definition) is 1. The molecule has 1 aliphatic rings. The van der Waals surface area contributed by atoms with E-state index in [1.54, 1.807) is 0 Å². The van der Waals surface area contributed by atoms with Gasteiger partial charge in [-0.05, 0) is 19.0 Å². The van der Waals surface area contributed by atoms with Gasteiger partial charge in [-0.25, -0.2) is 0 Å². The minimum atomic E-state index is 0.205. The maximum absolute atomic E-state index is 6.06. The Kier molecular flexibility index (Phi) is 4.54. The average molecular weight is 235 g/mol. The molecule has 0 radical (unpaired) electrons. The highest BCUT2D eigenvalue weighted by atomic mass is 16.6. The van der Waals surface area contributed by atoms with Crippen LogP contribution in [0, 0.1) is 0 Å². The van der Waals surface area contributed by atoms with Gasteiger partial charge in [0.05, 0.1) is 25.4 Å². The van der Waals surface area contributed by atoms with Crippen LogP contribution in [0.2, 0.25) is 0 Å². The molecule has 1 heterocycles. The molecule has 0 aromatic heterocycles. The van der Waals surface area contributed by atoms with Crippen molar-refractivity contribution >= 4 is 0 Å². The van der Waals surface area contributed by atoms with Crippen LogP contribution in [0.1, 0.15) is 24.9 Å². The summed E-state index contributed by atoms with van der Waals surface area (Å²) in [5.74, 6) is 0. The Morgan fingerprint density at radius 1 is 1.35 bits per heavy atom. The number of nitrogens with one attached hydrogen (secondary N) is 1. The summed E-state index contributed by atoms with van der Waals surface area (Å²) < 4.78 is 11.2. The van der Waals surface area contributed by atoms with Crippen molar-refractivity contribution in [2.24, 2.45) is 0 Å². The monoisotopic (exact) mass is 235 g/mol. The van der Waals surface area contributed by atoms with Crippen molar-refractivity contribution in [3.63, 3.8) is 0 Å². The Morgan fingerprint density at radius 3 is 2.53 bits per heavy atom. The second-order valence-electron chi connectivity index (χ2n) is 4.42. The third-order valence-corrected chi connectivity index (χ3v) is 3.22. The fraction of sp³-hybridized carbons (Fsp3) is 0.571. The fourth-order valence-electron chi connectivity index (χ4n) is 2.18. The standard InChI is InChI=1S/C14H21NO2/c1-3-13(17-12-9-16-10-12)14(15-2)11-7-5-4-6-8-11/h4-8,12-15H,3,9-10H2,1-2H3. The molecule has 1 N–H and O–H groups in total.